The summed E-state index contributed by atoms with van der Waals surface area (Å²) >= 11 is 0. The van der Waals surface area contributed by atoms with E-state index in [2.05, 4.69) is 0 Å². The van der Waals surface area contributed by atoms with Crippen LogP contribution >= 0.6 is 0 Å². The zero-order valence-electron chi connectivity index (χ0n) is 5.82. The molecule has 0 aliphatic carbocycles. The summed E-state index contributed by atoms with van der Waals surface area (Å²) in [5.41, 5.74) is 0. The summed E-state index contributed by atoms with van der Waals surface area (Å²) in [4.78, 5) is 0. The van der Waals surface area contributed by atoms with Gasteiger partial charge in [0.25, 0.3) is 0 Å². The third kappa shape index (κ3) is 11.6. The van der Waals surface area contributed by atoms with Gasteiger partial charge in [0.05, 0.1) is 0 Å². The summed E-state index contributed by atoms with van der Waals surface area (Å²) in [6.45, 7) is -0.0878. The van der Waals surface area contributed by atoms with Crippen LogP contribution in [-0.2, 0) is 10.1 Å². The number of hydrogen-bond donors (Lipinski definition) is 2. The topological polar surface area (TPSA) is 74.6 Å². The van der Waals surface area contributed by atoms with Crippen LogP contribution in [0.5, 0.6) is 0 Å². The third-order valence-electron chi connectivity index (χ3n) is 0.662. The summed E-state index contributed by atoms with van der Waals surface area (Å²) in [5.74, 6) is -0.381. The van der Waals surface area contributed by atoms with E-state index < -0.39 is 10.1 Å². The number of hydrogen-bond acceptors (Lipinski definition) is 3. The Morgan fingerprint density at radius 1 is 1.40 bits per heavy atom. The van der Waals surface area contributed by atoms with Crippen LogP contribution < -0.4 is 29.6 Å². The molecular weight excluding hydrogens is 167 g/mol. The van der Waals surface area contributed by atoms with E-state index in [4.69, 9.17) is 9.66 Å². The second kappa shape index (κ2) is 6.57. The first-order valence-corrected chi connectivity index (χ1v) is 4.05. The fourth-order valence-corrected chi connectivity index (χ4v) is 0.788. The molecule has 6 heteroatoms. The Kier molecular flexibility index (Phi) is 8.85. The molecule has 0 aromatic rings. The number of rotatable bonds is 4. The van der Waals surface area contributed by atoms with E-state index in [1.54, 1.807) is 0 Å². The van der Waals surface area contributed by atoms with Gasteiger partial charge in [-0.05, 0) is 5.75 Å². The first-order valence-electron chi connectivity index (χ1n) is 2.44. The van der Waals surface area contributed by atoms with Crippen molar-refractivity contribution in [2.24, 2.45) is 0 Å². The van der Waals surface area contributed by atoms with Crippen molar-refractivity contribution in [2.45, 2.75) is 6.42 Å². The summed E-state index contributed by atoms with van der Waals surface area (Å²) in [6, 6.07) is 0. The molecule has 0 saturated carbocycles. The van der Waals surface area contributed by atoms with Crippen molar-refractivity contribution in [1.29, 1.82) is 0 Å². The standard InChI is InChI=1S/C4H9O4S.Na/c5-3-1-2-4-9(6,7)8;/h2,5H,1,3-4H2,(H,6,7,8);/q-1;+1. The summed E-state index contributed by atoms with van der Waals surface area (Å²) in [5, 5.41) is 8.16. The summed E-state index contributed by atoms with van der Waals surface area (Å²) in [6.07, 6.45) is 1.59. The second-order valence-corrected chi connectivity index (χ2v) is 3.05. The van der Waals surface area contributed by atoms with Gasteiger partial charge in [-0.3, -0.25) is 4.55 Å². The maximum Gasteiger partial charge on any atom is 1.00 e. The van der Waals surface area contributed by atoms with E-state index in [1.807, 2.05) is 0 Å². The van der Waals surface area contributed by atoms with E-state index in [9.17, 15) is 8.42 Å². The summed E-state index contributed by atoms with van der Waals surface area (Å²) < 4.78 is 28.0. The third-order valence-corrected chi connectivity index (χ3v) is 1.32. The Hall–Kier alpha value is 0.870. The Morgan fingerprint density at radius 3 is 2.20 bits per heavy atom. The fraction of sp³-hybridized carbons (Fsp3) is 0.750. The van der Waals surface area contributed by atoms with Crippen molar-refractivity contribution < 1.29 is 47.6 Å². The van der Waals surface area contributed by atoms with E-state index in [-0.39, 0.29) is 41.9 Å². The van der Waals surface area contributed by atoms with E-state index in [1.165, 1.54) is 6.42 Å². The molecule has 0 bridgehead atoms. The normalized spacial score (nSPS) is 10.6. The average molecular weight is 176 g/mol. The van der Waals surface area contributed by atoms with Crippen molar-refractivity contribution in [3.05, 3.63) is 6.42 Å². The molecule has 0 aromatic carbocycles. The maximum absolute atomic E-state index is 9.95. The minimum atomic E-state index is -3.86. The molecule has 0 atom stereocenters. The van der Waals surface area contributed by atoms with Crippen LogP contribution in [0.4, 0.5) is 0 Å². The zero-order chi connectivity index (χ0) is 7.33. The first-order chi connectivity index (χ1) is 4.06. The Morgan fingerprint density at radius 2 is 1.90 bits per heavy atom. The minimum absolute atomic E-state index is 0. The van der Waals surface area contributed by atoms with Crippen LogP contribution in [0, 0.1) is 6.42 Å². The Bertz CT molecular complexity index is 153. The molecule has 56 valence electrons. The van der Waals surface area contributed by atoms with Crippen LogP contribution in [0.25, 0.3) is 0 Å². The first kappa shape index (κ1) is 13.5. The van der Waals surface area contributed by atoms with Crippen molar-refractivity contribution in [1.82, 2.24) is 0 Å². The van der Waals surface area contributed by atoms with Gasteiger partial charge in [0, 0.05) is 6.61 Å². The molecule has 0 saturated heterocycles. The molecule has 0 aromatic heterocycles. The van der Waals surface area contributed by atoms with Crippen LogP contribution in [0.1, 0.15) is 6.42 Å². The van der Waals surface area contributed by atoms with Gasteiger partial charge in [-0.25, -0.2) is 8.42 Å². The predicted molar refractivity (Wildman–Crippen MR) is 32.4 cm³/mol. The van der Waals surface area contributed by atoms with E-state index in [0.717, 1.165) is 0 Å². The van der Waals surface area contributed by atoms with Gasteiger partial charge in [0.1, 0.15) is 0 Å². The van der Waals surface area contributed by atoms with Gasteiger partial charge in [-0.1, -0.05) is 0 Å². The molecule has 0 spiro atoms. The van der Waals surface area contributed by atoms with Crippen molar-refractivity contribution in [3.63, 3.8) is 0 Å². The van der Waals surface area contributed by atoms with Crippen LogP contribution in [0.15, 0.2) is 0 Å². The average Bonchev–Trinajstić information content (AvgIpc) is 1.63. The van der Waals surface area contributed by atoms with Gasteiger partial charge in [-0.2, -0.15) is 6.42 Å². The molecule has 0 aliphatic heterocycles. The van der Waals surface area contributed by atoms with Crippen molar-refractivity contribution in [3.8, 4) is 0 Å². The van der Waals surface area contributed by atoms with Gasteiger partial charge in [-0.15, -0.1) is 0 Å². The van der Waals surface area contributed by atoms with Crippen molar-refractivity contribution in [2.75, 3.05) is 12.4 Å². The van der Waals surface area contributed by atoms with Gasteiger partial charge in [0.2, 0.25) is 10.1 Å². The molecular formula is C4H9NaO4S. The SMILES string of the molecule is O=S(=O)(O)C[CH-]CCO.[Na+]. The molecule has 0 fully saturated rings. The molecule has 0 radical (unpaired) electrons. The van der Waals surface area contributed by atoms with Crippen LogP contribution in [-0.4, -0.2) is 30.4 Å². The van der Waals surface area contributed by atoms with Gasteiger partial charge < -0.3 is 11.5 Å². The fourth-order valence-electron chi connectivity index (χ4n) is 0.324. The molecule has 0 aliphatic rings. The zero-order valence-corrected chi connectivity index (χ0v) is 8.63. The van der Waals surface area contributed by atoms with E-state index in [0.29, 0.717) is 6.42 Å². The van der Waals surface area contributed by atoms with E-state index >= 15 is 0 Å². The smallest absolute Gasteiger partial charge is 0.399 e. The number of unbranched alkanes of at least 4 members (excludes halogenated alkanes) is 1. The molecule has 0 amide bonds. The van der Waals surface area contributed by atoms with Crippen LogP contribution in [0.2, 0.25) is 0 Å². The summed E-state index contributed by atoms with van der Waals surface area (Å²) in [7, 11) is -3.86. The molecule has 0 heterocycles. The Balaban J connectivity index is 0. The Labute approximate surface area is 82.7 Å². The van der Waals surface area contributed by atoms with Crippen molar-refractivity contribution >= 4 is 10.1 Å². The molecule has 2 N–H and O–H groups in total. The number of aliphatic hydroxyl groups is 1. The molecule has 0 unspecified atom stereocenters. The molecule has 0 rings (SSSR count). The van der Waals surface area contributed by atoms with Gasteiger partial charge >= 0.3 is 29.6 Å². The van der Waals surface area contributed by atoms with Gasteiger partial charge in [0.15, 0.2) is 0 Å². The molecule has 4 nitrogen and oxygen atoms in total. The quantitative estimate of drug-likeness (QED) is 0.201. The minimum Gasteiger partial charge on any atom is -0.399 e. The number of aliphatic hydroxyl groups excluding tert-OH is 1. The second-order valence-electron chi connectivity index (χ2n) is 1.55. The monoisotopic (exact) mass is 176 g/mol. The maximum atomic E-state index is 9.95. The van der Waals surface area contributed by atoms with Crippen LogP contribution in [0.3, 0.4) is 0 Å². The molecule has 10 heavy (non-hydrogen) atoms. The predicted octanol–water partition coefficient (Wildman–Crippen LogP) is -3.54. The largest absolute Gasteiger partial charge is 1.00 e.